The van der Waals surface area contributed by atoms with Crippen LogP contribution in [0, 0.1) is 0 Å². The minimum absolute atomic E-state index is 0.0629. The Morgan fingerprint density at radius 2 is 1.46 bits per heavy atom. The Kier molecular flexibility index (Phi) is 5.97. The van der Waals surface area contributed by atoms with Crippen LogP contribution in [0.3, 0.4) is 0 Å². The Bertz CT molecular complexity index is 1030. The third-order valence-corrected chi connectivity index (χ3v) is 4.19. The molecule has 1 N–H and O–H groups in total. The summed E-state index contributed by atoms with van der Waals surface area (Å²) >= 11 is 0. The number of phenols is 1. The van der Waals surface area contributed by atoms with Gasteiger partial charge in [0.1, 0.15) is 17.2 Å². The summed E-state index contributed by atoms with van der Waals surface area (Å²) < 4.78 is 5.19. The highest BCUT2D eigenvalue weighted by Gasteiger charge is 2.16. The number of carbonyl (C=O) groups excluding carboxylic acids is 1. The summed E-state index contributed by atoms with van der Waals surface area (Å²) in [6, 6.07) is 23.0. The quantitative estimate of drug-likeness (QED) is 0.393. The van der Waals surface area contributed by atoms with E-state index < -0.39 is 0 Å². The first-order valence-electron chi connectivity index (χ1n) is 8.75. The van der Waals surface area contributed by atoms with Gasteiger partial charge in [0.25, 0.3) is 0 Å². The fourth-order valence-electron chi connectivity index (χ4n) is 2.67. The second-order valence-corrected chi connectivity index (χ2v) is 6.08. The maximum absolute atomic E-state index is 13.0. The molecule has 3 rings (SSSR count). The number of hydrogen-bond donors (Lipinski definition) is 1. The molecular formula is C23H20N2O3. The van der Waals surface area contributed by atoms with Crippen molar-refractivity contribution in [2.45, 2.75) is 6.92 Å². The predicted octanol–water partition coefficient (Wildman–Crippen LogP) is 4.50. The number of rotatable bonds is 6. The van der Waals surface area contributed by atoms with Gasteiger partial charge in [0.05, 0.1) is 12.8 Å². The molecule has 0 aliphatic heterocycles. The molecule has 0 unspecified atom stereocenters. The lowest BCUT2D eigenvalue weighted by Gasteiger charge is -2.07. The summed E-state index contributed by atoms with van der Waals surface area (Å²) in [6.07, 6.45) is 0. The first-order valence-corrected chi connectivity index (χ1v) is 8.75. The van der Waals surface area contributed by atoms with Gasteiger partial charge in [0.2, 0.25) is 5.78 Å². The zero-order chi connectivity index (χ0) is 19.9. The number of phenolic OH excluding ortho intramolecular Hbond substituents is 1. The van der Waals surface area contributed by atoms with Gasteiger partial charge in [-0.3, -0.25) is 4.79 Å². The normalized spacial score (nSPS) is 11.9. The molecule has 0 aromatic heterocycles. The number of Topliss-reactive ketones (excluding diaryl/α,β-unsaturated/α-hetero) is 1. The van der Waals surface area contributed by atoms with E-state index in [1.165, 1.54) is 6.07 Å². The van der Waals surface area contributed by atoms with E-state index >= 15 is 0 Å². The number of benzene rings is 3. The van der Waals surface area contributed by atoms with Crippen molar-refractivity contribution in [2.24, 2.45) is 10.2 Å². The van der Waals surface area contributed by atoms with E-state index in [1.54, 1.807) is 50.4 Å². The zero-order valence-corrected chi connectivity index (χ0v) is 15.7. The first kappa shape index (κ1) is 19.0. The monoisotopic (exact) mass is 372 g/mol. The van der Waals surface area contributed by atoms with Gasteiger partial charge in [0, 0.05) is 16.7 Å². The van der Waals surface area contributed by atoms with Crippen LogP contribution in [0.15, 0.2) is 89.1 Å². The van der Waals surface area contributed by atoms with Gasteiger partial charge in [-0.05, 0) is 25.1 Å². The second-order valence-electron chi connectivity index (χ2n) is 6.08. The molecule has 140 valence electrons. The number of ether oxygens (including phenoxy) is 1. The molecule has 0 aliphatic carbocycles. The van der Waals surface area contributed by atoms with Gasteiger partial charge in [-0.2, -0.15) is 5.10 Å². The maximum Gasteiger partial charge on any atom is 0.213 e. The van der Waals surface area contributed by atoms with Gasteiger partial charge in [-0.15, -0.1) is 5.10 Å². The van der Waals surface area contributed by atoms with Crippen molar-refractivity contribution in [3.63, 3.8) is 0 Å². The van der Waals surface area contributed by atoms with Crippen LogP contribution < -0.4 is 4.74 Å². The molecule has 0 heterocycles. The second kappa shape index (κ2) is 8.77. The van der Waals surface area contributed by atoms with Crippen molar-refractivity contribution in [1.82, 2.24) is 0 Å². The lowest BCUT2D eigenvalue weighted by Crippen LogP contribution is -2.15. The van der Waals surface area contributed by atoms with E-state index in [9.17, 15) is 9.90 Å². The molecule has 0 spiro atoms. The highest BCUT2D eigenvalue weighted by molar-refractivity contribution is 6.51. The van der Waals surface area contributed by atoms with Crippen LogP contribution in [0.25, 0.3) is 0 Å². The molecule has 0 atom stereocenters. The molecule has 0 radical (unpaired) electrons. The first-order chi connectivity index (χ1) is 13.6. The summed E-state index contributed by atoms with van der Waals surface area (Å²) in [7, 11) is 1.55. The standard InChI is InChI=1S/C23H20N2O3/c1-16(20-15-19(28-2)13-14-21(20)26)24-25-22(17-9-5-3-6-10-17)23(27)18-11-7-4-8-12-18/h3-15,26H,1-2H3/b24-16+,25-22-. The van der Waals surface area contributed by atoms with Crippen LogP contribution in [0.1, 0.15) is 28.4 Å². The molecular weight excluding hydrogens is 352 g/mol. The highest BCUT2D eigenvalue weighted by Crippen LogP contribution is 2.23. The molecule has 0 saturated carbocycles. The number of hydrogen-bond acceptors (Lipinski definition) is 5. The zero-order valence-electron chi connectivity index (χ0n) is 15.7. The van der Waals surface area contributed by atoms with Gasteiger partial charge in [-0.1, -0.05) is 60.7 Å². The third-order valence-electron chi connectivity index (χ3n) is 4.19. The van der Waals surface area contributed by atoms with Crippen molar-refractivity contribution in [3.8, 4) is 11.5 Å². The third kappa shape index (κ3) is 4.32. The van der Waals surface area contributed by atoms with E-state index in [1.807, 2.05) is 36.4 Å². The minimum Gasteiger partial charge on any atom is -0.507 e. The average molecular weight is 372 g/mol. The molecule has 5 heteroatoms. The van der Waals surface area contributed by atoms with Crippen LogP contribution in [0.4, 0.5) is 0 Å². The molecule has 3 aromatic rings. The van der Waals surface area contributed by atoms with E-state index in [0.29, 0.717) is 28.2 Å². The van der Waals surface area contributed by atoms with Crippen molar-refractivity contribution in [3.05, 3.63) is 95.6 Å². The summed E-state index contributed by atoms with van der Waals surface area (Å²) in [5.41, 5.74) is 2.38. The van der Waals surface area contributed by atoms with Crippen molar-refractivity contribution < 1.29 is 14.6 Å². The fourth-order valence-corrected chi connectivity index (χ4v) is 2.67. The summed E-state index contributed by atoms with van der Waals surface area (Å²) in [5.74, 6) is 0.432. The minimum atomic E-state index is -0.224. The van der Waals surface area contributed by atoms with Crippen LogP contribution in [-0.2, 0) is 0 Å². The lowest BCUT2D eigenvalue weighted by molar-refractivity contribution is 0.106. The van der Waals surface area contributed by atoms with Gasteiger partial charge < -0.3 is 9.84 Å². The Morgan fingerprint density at radius 3 is 2.07 bits per heavy atom. The topological polar surface area (TPSA) is 71.2 Å². The van der Waals surface area contributed by atoms with Crippen LogP contribution in [0.2, 0.25) is 0 Å². The average Bonchev–Trinajstić information content (AvgIpc) is 2.75. The largest absolute Gasteiger partial charge is 0.507 e. The lowest BCUT2D eigenvalue weighted by atomic mass is 10.0. The number of nitrogens with zero attached hydrogens (tertiary/aromatic N) is 2. The molecule has 0 amide bonds. The molecule has 0 fully saturated rings. The Labute approximate surface area is 163 Å². The number of ketones is 1. The summed E-state index contributed by atoms with van der Waals surface area (Å²) in [6.45, 7) is 1.72. The van der Waals surface area contributed by atoms with E-state index in [0.717, 1.165) is 0 Å². The molecule has 3 aromatic carbocycles. The number of methoxy groups -OCH3 is 1. The smallest absolute Gasteiger partial charge is 0.213 e. The van der Waals surface area contributed by atoms with E-state index in [-0.39, 0.29) is 17.2 Å². The van der Waals surface area contributed by atoms with E-state index in [4.69, 9.17) is 4.74 Å². The highest BCUT2D eigenvalue weighted by atomic mass is 16.5. The maximum atomic E-state index is 13.0. The summed E-state index contributed by atoms with van der Waals surface area (Å²) in [5, 5.41) is 18.6. The molecule has 5 nitrogen and oxygen atoms in total. The van der Waals surface area contributed by atoms with E-state index in [2.05, 4.69) is 10.2 Å². The molecule has 28 heavy (non-hydrogen) atoms. The van der Waals surface area contributed by atoms with Crippen molar-refractivity contribution in [1.29, 1.82) is 0 Å². The Balaban J connectivity index is 2.04. The molecule has 0 saturated heterocycles. The Hall–Kier alpha value is -3.73. The fraction of sp³-hybridized carbons (Fsp3) is 0.0870. The van der Waals surface area contributed by atoms with Crippen molar-refractivity contribution in [2.75, 3.05) is 7.11 Å². The Morgan fingerprint density at radius 1 is 0.857 bits per heavy atom. The number of carbonyl (C=O) groups is 1. The van der Waals surface area contributed by atoms with Gasteiger partial charge in [0.15, 0.2) is 0 Å². The van der Waals surface area contributed by atoms with Crippen LogP contribution in [-0.4, -0.2) is 29.4 Å². The number of aromatic hydroxyl groups is 1. The summed E-state index contributed by atoms with van der Waals surface area (Å²) in [4.78, 5) is 13.0. The predicted molar refractivity (Wildman–Crippen MR) is 111 cm³/mol. The van der Waals surface area contributed by atoms with Crippen LogP contribution >= 0.6 is 0 Å². The molecule has 0 aliphatic rings. The SMILES string of the molecule is COc1ccc(O)c(/C(C)=N/N=C(\C(=O)c2ccccc2)c2ccccc2)c1. The van der Waals surface area contributed by atoms with Crippen LogP contribution in [0.5, 0.6) is 11.5 Å². The van der Waals surface area contributed by atoms with Gasteiger partial charge >= 0.3 is 0 Å². The van der Waals surface area contributed by atoms with Gasteiger partial charge in [-0.25, -0.2) is 0 Å². The van der Waals surface area contributed by atoms with Crippen molar-refractivity contribution >= 4 is 17.2 Å². The molecule has 0 bridgehead atoms.